The Balaban J connectivity index is 2.14. The van der Waals surface area contributed by atoms with Crippen LogP contribution in [0.25, 0.3) is 0 Å². The van der Waals surface area contributed by atoms with E-state index < -0.39 is 14.9 Å². The summed E-state index contributed by atoms with van der Waals surface area (Å²) in [6.45, 7) is 0. The van der Waals surface area contributed by atoms with E-state index in [1.54, 1.807) is 18.2 Å². The molecule has 114 valence electrons. The fraction of sp³-hybridized carbons (Fsp3) is 0. The van der Waals surface area contributed by atoms with Crippen LogP contribution in [-0.4, -0.2) is 24.7 Å². The highest BCUT2D eigenvalue weighted by Crippen LogP contribution is 2.16. The molecule has 0 fully saturated rings. The second kappa shape index (κ2) is 6.22. The molecule has 0 bridgehead atoms. The van der Waals surface area contributed by atoms with Gasteiger partial charge < -0.3 is 5.11 Å². The van der Waals surface area contributed by atoms with Crippen molar-refractivity contribution < 1.29 is 18.4 Å². The molecule has 0 aromatic heterocycles. The molecule has 2 aromatic rings. The number of aromatic hydroxyl groups is 1. The van der Waals surface area contributed by atoms with Gasteiger partial charge in [-0.2, -0.15) is 13.5 Å². The Labute approximate surface area is 125 Å². The lowest BCUT2D eigenvalue weighted by Gasteiger charge is -2.03. The molecule has 0 spiro atoms. The first-order valence-corrected chi connectivity index (χ1v) is 7.46. The minimum atomic E-state index is -3.94. The standard InChI is InChI=1S/C13H11N3O5S/c17-13-4-2-1-3-10(13)9-14-15-22(20,21)12-7-5-11(6-8-12)16(18)19/h1-9,15,17H. The van der Waals surface area contributed by atoms with E-state index in [9.17, 15) is 23.6 Å². The minimum Gasteiger partial charge on any atom is -0.507 e. The number of non-ortho nitro benzene ring substituents is 1. The number of hydrogen-bond acceptors (Lipinski definition) is 6. The Bertz CT molecular complexity index is 816. The number of hydrazone groups is 1. The van der Waals surface area contributed by atoms with Gasteiger partial charge in [0.1, 0.15) is 5.75 Å². The third-order valence-corrected chi connectivity index (χ3v) is 3.91. The molecular weight excluding hydrogens is 310 g/mol. The Hall–Kier alpha value is -2.94. The molecule has 9 heteroatoms. The zero-order valence-corrected chi connectivity index (χ0v) is 11.9. The summed E-state index contributed by atoms with van der Waals surface area (Å²) in [5.74, 6) is -0.0409. The second-order valence-corrected chi connectivity index (χ2v) is 5.82. The minimum absolute atomic E-state index is 0.0409. The van der Waals surface area contributed by atoms with E-state index in [4.69, 9.17) is 0 Å². The normalized spacial score (nSPS) is 11.5. The fourth-order valence-corrected chi connectivity index (χ4v) is 2.35. The quantitative estimate of drug-likeness (QED) is 0.492. The van der Waals surface area contributed by atoms with Gasteiger partial charge in [0.05, 0.1) is 16.0 Å². The molecule has 0 saturated heterocycles. The van der Waals surface area contributed by atoms with E-state index in [1.807, 2.05) is 4.83 Å². The number of phenolic OH excluding ortho intramolecular Hbond substituents is 1. The van der Waals surface area contributed by atoms with Gasteiger partial charge in [0.15, 0.2) is 0 Å². The van der Waals surface area contributed by atoms with E-state index in [-0.39, 0.29) is 16.3 Å². The molecule has 0 radical (unpaired) electrons. The molecule has 0 heterocycles. The maximum Gasteiger partial charge on any atom is 0.276 e. The van der Waals surface area contributed by atoms with E-state index in [0.29, 0.717) is 5.56 Å². The monoisotopic (exact) mass is 321 g/mol. The maximum atomic E-state index is 11.9. The van der Waals surface area contributed by atoms with Gasteiger partial charge >= 0.3 is 0 Å². The van der Waals surface area contributed by atoms with Crippen LogP contribution in [0.1, 0.15) is 5.56 Å². The summed E-state index contributed by atoms with van der Waals surface area (Å²) in [4.78, 5) is 11.7. The number of benzene rings is 2. The molecule has 0 aliphatic carbocycles. The lowest BCUT2D eigenvalue weighted by molar-refractivity contribution is -0.384. The largest absolute Gasteiger partial charge is 0.507 e. The van der Waals surface area contributed by atoms with Crippen molar-refractivity contribution in [3.05, 3.63) is 64.2 Å². The second-order valence-electron chi connectivity index (χ2n) is 4.16. The maximum absolute atomic E-state index is 11.9. The fourth-order valence-electron chi connectivity index (χ4n) is 1.56. The van der Waals surface area contributed by atoms with Crippen LogP contribution in [0.3, 0.4) is 0 Å². The number of phenols is 1. The van der Waals surface area contributed by atoms with Crippen LogP contribution in [0.5, 0.6) is 5.75 Å². The van der Waals surface area contributed by atoms with Crippen LogP contribution >= 0.6 is 0 Å². The van der Waals surface area contributed by atoms with Crippen molar-refractivity contribution in [1.29, 1.82) is 0 Å². The third-order valence-electron chi connectivity index (χ3n) is 2.67. The molecule has 2 rings (SSSR count). The van der Waals surface area contributed by atoms with Crippen LogP contribution in [0.15, 0.2) is 58.5 Å². The highest BCUT2D eigenvalue weighted by atomic mass is 32.2. The molecular formula is C13H11N3O5S. The number of sulfonamides is 1. The van der Waals surface area contributed by atoms with E-state index in [2.05, 4.69) is 5.10 Å². The van der Waals surface area contributed by atoms with Gasteiger partial charge in [-0.1, -0.05) is 12.1 Å². The van der Waals surface area contributed by atoms with Crippen molar-refractivity contribution in [3.63, 3.8) is 0 Å². The van der Waals surface area contributed by atoms with Crippen molar-refractivity contribution in [2.75, 3.05) is 0 Å². The predicted octanol–water partition coefficient (Wildman–Crippen LogP) is 1.61. The first-order valence-electron chi connectivity index (χ1n) is 5.97. The first kappa shape index (κ1) is 15.4. The summed E-state index contributed by atoms with van der Waals surface area (Å²) in [5, 5.41) is 23.6. The lowest BCUT2D eigenvalue weighted by atomic mass is 10.2. The predicted molar refractivity (Wildman–Crippen MR) is 79.1 cm³/mol. The van der Waals surface area contributed by atoms with Crippen molar-refractivity contribution in [3.8, 4) is 5.75 Å². The first-order chi connectivity index (χ1) is 10.4. The van der Waals surface area contributed by atoms with E-state index >= 15 is 0 Å². The molecule has 22 heavy (non-hydrogen) atoms. The number of nitrogens with zero attached hydrogens (tertiary/aromatic N) is 2. The highest BCUT2D eigenvalue weighted by Gasteiger charge is 2.14. The molecule has 0 unspecified atom stereocenters. The van der Waals surface area contributed by atoms with Crippen LogP contribution in [0, 0.1) is 10.1 Å². The summed E-state index contributed by atoms with van der Waals surface area (Å²) in [7, 11) is -3.94. The van der Waals surface area contributed by atoms with Gasteiger partial charge in [0.2, 0.25) is 0 Å². The molecule has 0 saturated carbocycles. The highest BCUT2D eigenvalue weighted by molar-refractivity contribution is 7.89. The molecule has 2 aromatic carbocycles. The molecule has 0 aliphatic heterocycles. The Morgan fingerprint density at radius 3 is 2.36 bits per heavy atom. The van der Waals surface area contributed by atoms with Gasteiger partial charge in [-0.3, -0.25) is 10.1 Å². The zero-order chi connectivity index (χ0) is 16.2. The van der Waals surface area contributed by atoms with Crippen molar-refractivity contribution in [2.45, 2.75) is 4.90 Å². The Morgan fingerprint density at radius 1 is 1.14 bits per heavy atom. The Kier molecular flexibility index (Phi) is 4.37. The van der Waals surface area contributed by atoms with Crippen LogP contribution in [0.4, 0.5) is 5.69 Å². The Morgan fingerprint density at radius 2 is 1.77 bits per heavy atom. The molecule has 8 nitrogen and oxygen atoms in total. The molecule has 0 aliphatic rings. The zero-order valence-electron chi connectivity index (χ0n) is 11.1. The molecule has 0 atom stereocenters. The van der Waals surface area contributed by atoms with E-state index in [0.717, 1.165) is 30.5 Å². The van der Waals surface area contributed by atoms with E-state index in [1.165, 1.54) is 6.07 Å². The van der Waals surface area contributed by atoms with Crippen LogP contribution < -0.4 is 4.83 Å². The van der Waals surface area contributed by atoms with Gasteiger partial charge in [-0.05, 0) is 24.3 Å². The number of para-hydroxylation sites is 1. The average Bonchev–Trinajstić information content (AvgIpc) is 2.49. The van der Waals surface area contributed by atoms with Crippen LogP contribution in [-0.2, 0) is 10.0 Å². The lowest BCUT2D eigenvalue weighted by Crippen LogP contribution is -2.18. The van der Waals surface area contributed by atoms with Crippen molar-refractivity contribution in [1.82, 2.24) is 4.83 Å². The average molecular weight is 321 g/mol. The third kappa shape index (κ3) is 3.58. The van der Waals surface area contributed by atoms with Crippen molar-refractivity contribution >= 4 is 21.9 Å². The van der Waals surface area contributed by atoms with Gasteiger partial charge in [0.25, 0.3) is 15.7 Å². The number of nitrogens with one attached hydrogen (secondary N) is 1. The van der Waals surface area contributed by atoms with Gasteiger partial charge in [-0.15, -0.1) is 0 Å². The number of rotatable bonds is 5. The molecule has 2 N–H and O–H groups in total. The topological polar surface area (TPSA) is 122 Å². The van der Waals surface area contributed by atoms with Gasteiger partial charge in [-0.25, -0.2) is 4.83 Å². The van der Waals surface area contributed by atoms with Crippen molar-refractivity contribution in [2.24, 2.45) is 5.10 Å². The summed E-state index contributed by atoms with van der Waals surface area (Å²) >= 11 is 0. The van der Waals surface area contributed by atoms with Crippen LogP contribution in [0.2, 0.25) is 0 Å². The molecule has 0 amide bonds. The SMILES string of the molecule is O=[N+]([O-])c1ccc(S(=O)(=O)NN=Cc2ccccc2O)cc1. The number of hydrogen-bond donors (Lipinski definition) is 2. The summed E-state index contributed by atoms with van der Waals surface area (Å²) in [6.07, 6.45) is 1.15. The number of nitro benzene ring substituents is 1. The van der Waals surface area contributed by atoms with Gasteiger partial charge in [0, 0.05) is 17.7 Å². The summed E-state index contributed by atoms with van der Waals surface area (Å²) < 4.78 is 23.9. The number of nitro groups is 1. The summed E-state index contributed by atoms with van der Waals surface area (Å²) in [6, 6.07) is 10.7. The smallest absolute Gasteiger partial charge is 0.276 e. The summed E-state index contributed by atoms with van der Waals surface area (Å²) in [5.41, 5.74) is 0.130.